The number of aromatic nitrogens is 2. The topological polar surface area (TPSA) is 46.9 Å². The number of benzene rings is 3. The van der Waals surface area contributed by atoms with Crippen LogP contribution < -0.4 is 5.32 Å². The summed E-state index contributed by atoms with van der Waals surface area (Å²) in [6, 6.07) is 25.6. The smallest absolute Gasteiger partial charge is 0.251 e. The zero-order valence-corrected chi connectivity index (χ0v) is 16.1. The van der Waals surface area contributed by atoms with Gasteiger partial charge in [-0.15, -0.1) is 0 Å². The van der Waals surface area contributed by atoms with Crippen molar-refractivity contribution in [2.75, 3.05) is 0 Å². The maximum atomic E-state index is 12.9. The summed E-state index contributed by atoms with van der Waals surface area (Å²) in [5, 5.41) is 3.20. The third kappa shape index (κ3) is 3.67. The number of fused-ring (bicyclic) bond motifs is 1. The Kier molecular flexibility index (Phi) is 4.94. The van der Waals surface area contributed by atoms with Gasteiger partial charge in [0.05, 0.1) is 17.1 Å². The van der Waals surface area contributed by atoms with E-state index in [4.69, 9.17) is 4.98 Å². The first kappa shape index (κ1) is 18.0. The van der Waals surface area contributed by atoms with Crippen LogP contribution in [0.25, 0.3) is 11.0 Å². The van der Waals surface area contributed by atoms with E-state index in [2.05, 4.69) is 22.0 Å². The molecule has 0 aliphatic carbocycles. The second kappa shape index (κ2) is 7.69. The Labute approximate surface area is 164 Å². The van der Waals surface area contributed by atoms with Crippen LogP contribution in [-0.4, -0.2) is 15.5 Å². The van der Waals surface area contributed by atoms with Crippen molar-refractivity contribution in [3.8, 4) is 0 Å². The van der Waals surface area contributed by atoms with Gasteiger partial charge in [0, 0.05) is 12.6 Å². The summed E-state index contributed by atoms with van der Waals surface area (Å²) in [4.78, 5) is 17.8. The summed E-state index contributed by atoms with van der Waals surface area (Å²) in [6.45, 7) is 1.99. The van der Waals surface area contributed by atoms with E-state index in [1.807, 2.05) is 80.7 Å². The number of rotatable bonds is 5. The maximum absolute atomic E-state index is 12.9. The molecule has 1 atom stereocenters. The number of hydrogen-bond acceptors (Lipinski definition) is 2. The van der Waals surface area contributed by atoms with Crippen LogP contribution in [0.2, 0.25) is 0 Å². The predicted octanol–water partition coefficient (Wildman–Crippen LogP) is 4.60. The molecule has 0 saturated carbocycles. The summed E-state index contributed by atoms with van der Waals surface area (Å²) in [6.07, 6.45) is 0.676. The first-order chi connectivity index (χ1) is 13.6. The molecule has 4 heteroatoms. The molecule has 1 aromatic heterocycles. The molecule has 0 fully saturated rings. The van der Waals surface area contributed by atoms with E-state index in [1.54, 1.807) is 0 Å². The Balaban J connectivity index is 1.71. The summed E-state index contributed by atoms with van der Waals surface area (Å²) < 4.78 is 2.07. The van der Waals surface area contributed by atoms with Crippen molar-refractivity contribution in [1.82, 2.24) is 14.9 Å². The molecule has 0 saturated heterocycles. The fourth-order valence-corrected chi connectivity index (χ4v) is 3.56. The van der Waals surface area contributed by atoms with Gasteiger partial charge in [0.2, 0.25) is 0 Å². The number of para-hydroxylation sites is 2. The molecule has 28 heavy (non-hydrogen) atoms. The molecular formula is C24H23N3O. The molecule has 4 rings (SSSR count). The van der Waals surface area contributed by atoms with Crippen molar-refractivity contribution in [2.24, 2.45) is 7.05 Å². The molecule has 1 unspecified atom stereocenters. The number of hydrogen-bond donors (Lipinski definition) is 1. The van der Waals surface area contributed by atoms with Crippen LogP contribution in [-0.2, 0) is 13.5 Å². The van der Waals surface area contributed by atoms with Crippen LogP contribution in [0.15, 0.2) is 78.9 Å². The molecule has 0 spiro atoms. The fourth-order valence-electron chi connectivity index (χ4n) is 3.56. The number of nitrogens with zero attached hydrogens (tertiary/aromatic N) is 2. The van der Waals surface area contributed by atoms with Crippen molar-refractivity contribution in [2.45, 2.75) is 19.4 Å². The second-order valence-electron chi connectivity index (χ2n) is 7.10. The third-order valence-electron chi connectivity index (χ3n) is 5.00. The van der Waals surface area contributed by atoms with E-state index in [0.717, 1.165) is 28.0 Å². The molecule has 1 amide bonds. The lowest BCUT2D eigenvalue weighted by Crippen LogP contribution is -2.31. The zero-order chi connectivity index (χ0) is 19.5. The van der Waals surface area contributed by atoms with Crippen molar-refractivity contribution in [3.05, 3.63) is 101 Å². The third-order valence-corrected chi connectivity index (χ3v) is 5.00. The SMILES string of the molecule is Cc1cccc(C(=O)NC(Cc2ccccc2)c2nc3ccccc3n2C)c1. The van der Waals surface area contributed by atoms with Gasteiger partial charge < -0.3 is 9.88 Å². The van der Waals surface area contributed by atoms with Crippen molar-refractivity contribution in [1.29, 1.82) is 0 Å². The molecule has 3 aromatic carbocycles. The predicted molar refractivity (Wildman–Crippen MR) is 112 cm³/mol. The summed E-state index contributed by atoms with van der Waals surface area (Å²) in [5.41, 5.74) is 4.87. The Hall–Kier alpha value is -3.40. The molecule has 0 aliphatic heterocycles. The number of carbonyl (C=O) groups excluding carboxylic acids is 1. The average molecular weight is 369 g/mol. The summed E-state index contributed by atoms with van der Waals surface area (Å²) >= 11 is 0. The van der Waals surface area contributed by atoms with Crippen LogP contribution >= 0.6 is 0 Å². The lowest BCUT2D eigenvalue weighted by atomic mass is 10.0. The minimum absolute atomic E-state index is 0.0864. The molecule has 4 aromatic rings. The highest BCUT2D eigenvalue weighted by Crippen LogP contribution is 2.23. The highest BCUT2D eigenvalue weighted by molar-refractivity contribution is 5.94. The molecule has 140 valence electrons. The fraction of sp³-hybridized carbons (Fsp3) is 0.167. The summed E-state index contributed by atoms with van der Waals surface area (Å²) in [7, 11) is 2.00. The van der Waals surface area contributed by atoms with Crippen molar-refractivity contribution < 1.29 is 4.79 Å². The highest BCUT2D eigenvalue weighted by Gasteiger charge is 2.22. The van der Waals surface area contributed by atoms with Crippen LogP contribution in [0, 0.1) is 6.92 Å². The normalized spacial score (nSPS) is 12.1. The number of nitrogens with one attached hydrogen (secondary N) is 1. The van der Waals surface area contributed by atoms with E-state index in [1.165, 1.54) is 0 Å². The molecule has 1 N–H and O–H groups in total. The zero-order valence-electron chi connectivity index (χ0n) is 16.1. The molecule has 1 heterocycles. The maximum Gasteiger partial charge on any atom is 0.251 e. The molecule has 0 bridgehead atoms. The van der Waals surface area contributed by atoms with Gasteiger partial charge in [0.15, 0.2) is 0 Å². The lowest BCUT2D eigenvalue weighted by Gasteiger charge is -2.19. The van der Waals surface area contributed by atoms with Crippen molar-refractivity contribution >= 4 is 16.9 Å². The highest BCUT2D eigenvalue weighted by atomic mass is 16.1. The first-order valence-corrected chi connectivity index (χ1v) is 9.44. The van der Waals surface area contributed by atoms with Crippen LogP contribution in [0.4, 0.5) is 0 Å². The van der Waals surface area contributed by atoms with Gasteiger partial charge in [-0.05, 0) is 43.2 Å². The molecule has 0 aliphatic rings. The van der Waals surface area contributed by atoms with Gasteiger partial charge in [-0.25, -0.2) is 4.98 Å². The van der Waals surface area contributed by atoms with E-state index >= 15 is 0 Å². The van der Waals surface area contributed by atoms with Crippen LogP contribution in [0.5, 0.6) is 0 Å². The van der Waals surface area contributed by atoms with E-state index in [9.17, 15) is 4.79 Å². The molecule has 0 radical (unpaired) electrons. The average Bonchev–Trinajstić information content (AvgIpc) is 3.05. The number of aryl methyl sites for hydroxylation is 2. The second-order valence-corrected chi connectivity index (χ2v) is 7.10. The Morgan fingerprint density at radius 1 is 1.00 bits per heavy atom. The first-order valence-electron chi connectivity index (χ1n) is 9.44. The van der Waals surface area contributed by atoms with Gasteiger partial charge in [-0.1, -0.05) is 60.2 Å². The molecule has 4 nitrogen and oxygen atoms in total. The quantitative estimate of drug-likeness (QED) is 0.559. The minimum Gasteiger partial charge on any atom is -0.342 e. The van der Waals surface area contributed by atoms with Gasteiger partial charge in [-0.2, -0.15) is 0 Å². The van der Waals surface area contributed by atoms with E-state index in [-0.39, 0.29) is 11.9 Å². The van der Waals surface area contributed by atoms with Gasteiger partial charge in [0.1, 0.15) is 5.82 Å². The number of imidazole rings is 1. The Bertz CT molecular complexity index is 1120. The van der Waals surface area contributed by atoms with Crippen molar-refractivity contribution in [3.63, 3.8) is 0 Å². The van der Waals surface area contributed by atoms with Gasteiger partial charge in [0.25, 0.3) is 5.91 Å². The monoisotopic (exact) mass is 369 g/mol. The Morgan fingerprint density at radius 2 is 1.75 bits per heavy atom. The lowest BCUT2D eigenvalue weighted by molar-refractivity contribution is 0.0934. The van der Waals surface area contributed by atoms with E-state index in [0.29, 0.717) is 12.0 Å². The van der Waals surface area contributed by atoms with Gasteiger partial charge in [-0.3, -0.25) is 4.79 Å². The largest absolute Gasteiger partial charge is 0.342 e. The Morgan fingerprint density at radius 3 is 2.50 bits per heavy atom. The molecular weight excluding hydrogens is 346 g/mol. The van der Waals surface area contributed by atoms with Gasteiger partial charge >= 0.3 is 0 Å². The summed E-state index contributed by atoms with van der Waals surface area (Å²) in [5.74, 6) is 0.766. The van der Waals surface area contributed by atoms with Crippen LogP contribution in [0.1, 0.15) is 33.4 Å². The number of carbonyl (C=O) groups is 1. The minimum atomic E-state index is -0.229. The van der Waals surface area contributed by atoms with E-state index < -0.39 is 0 Å². The standard InChI is InChI=1S/C24H23N3O/c1-17-9-8-12-19(15-17)24(28)26-21(16-18-10-4-3-5-11-18)23-25-20-13-6-7-14-22(20)27(23)2/h3-15,21H,16H2,1-2H3,(H,26,28). The van der Waals surface area contributed by atoms with Crippen LogP contribution in [0.3, 0.4) is 0 Å². The number of amides is 1.